The number of hydrogen-bond donors (Lipinski definition) is 1. The molecular weight excluding hydrogens is 466 g/mol. The highest BCUT2D eigenvalue weighted by molar-refractivity contribution is 9.10. The largest absolute Gasteiger partial charge is 0.488 e. The van der Waals surface area contributed by atoms with Crippen molar-refractivity contribution in [3.8, 4) is 11.8 Å². The molecule has 0 aliphatic carbocycles. The molecule has 0 aliphatic rings. The van der Waals surface area contributed by atoms with Gasteiger partial charge >= 0.3 is 0 Å². The van der Waals surface area contributed by atoms with E-state index in [0.717, 1.165) is 21.9 Å². The van der Waals surface area contributed by atoms with Gasteiger partial charge in [0, 0.05) is 10.0 Å². The van der Waals surface area contributed by atoms with Crippen LogP contribution in [0.25, 0.3) is 10.8 Å². The van der Waals surface area contributed by atoms with Gasteiger partial charge in [-0.15, -0.1) is 0 Å². The maximum Gasteiger partial charge on any atom is 0.272 e. The number of hydrogen-bond acceptors (Lipinski definition) is 4. The third kappa shape index (κ3) is 4.85. The maximum absolute atomic E-state index is 12.5. The molecule has 0 heterocycles. The number of fused-ring (bicyclic) bond motifs is 1. The van der Waals surface area contributed by atoms with Crippen molar-refractivity contribution in [2.75, 3.05) is 0 Å². The van der Waals surface area contributed by atoms with Gasteiger partial charge in [0.25, 0.3) is 5.91 Å². The number of nitriles is 1. The Morgan fingerprint density at radius 3 is 2.53 bits per heavy atom. The fourth-order valence-corrected chi connectivity index (χ4v) is 3.70. The molecule has 32 heavy (non-hydrogen) atoms. The second-order valence-electron chi connectivity index (χ2n) is 6.97. The Hall–Kier alpha value is -3.95. The Bertz CT molecular complexity index is 1340. The molecule has 156 valence electrons. The van der Waals surface area contributed by atoms with Crippen LogP contribution in [0.5, 0.6) is 5.75 Å². The highest BCUT2D eigenvalue weighted by Crippen LogP contribution is 2.27. The SMILES string of the molecule is N#Cc1ccc(COc2ccc3ccccc3c2/C=N\NC(=O)c2ccccc2Br)cc1. The highest BCUT2D eigenvalue weighted by atomic mass is 79.9. The van der Waals surface area contributed by atoms with E-state index >= 15 is 0 Å². The van der Waals surface area contributed by atoms with Gasteiger partial charge in [0.15, 0.2) is 0 Å². The van der Waals surface area contributed by atoms with E-state index in [4.69, 9.17) is 10.00 Å². The number of hydrazone groups is 1. The first-order valence-electron chi connectivity index (χ1n) is 9.87. The molecule has 0 bridgehead atoms. The molecule has 0 saturated carbocycles. The van der Waals surface area contributed by atoms with E-state index in [1.165, 1.54) is 0 Å². The van der Waals surface area contributed by atoms with E-state index in [1.807, 2.05) is 54.6 Å². The van der Waals surface area contributed by atoms with Crippen LogP contribution in [-0.4, -0.2) is 12.1 Å². The van der Waals surface area contributed by atoms with Gasteiger partial charge in [-0.25, -0.2) is 5.43 Å². The predicted octanol–water partition coefficient (Wildman–Crippen LogP) is 5.82. The minimum absolute atomic E-state index is 0.311. The molecule has 4 rings (SSSR count). The summed E-state index contributed by atoms with van der Waals surface area (Å²) < 4.78 is 6.77. The van der Waals surface area contributed by atoms with E-state index < -0.39 is 0 Å². The second kappa shape index (κ2) is 9.90. The molecule has 0 spiro atoms. The van der Waals surface area contributed by atoms with Crippen LogP contribution in [0.3, 0.4) is 0 Å². The van der Waals surface area contributed by atoms with Crippen LogP contribution in [0.1, 0.15) is 27.0 Å². The Kier molecular flexibility index (Phi) is 6.59. The van der Waals surface area contributed by atoms with Crippen LogP contribution in [0, 0.1) is 11.3 Å². The number of benzene rings is 4. The lowest BCUT2D eigenvalue weighted by Crippen LogP contribution is -2.18. The van der Waals surface area contributed by atoms with Crippen molar-refractivity contribution < 1.29 is 9.53 Å². The quantitative estimate of drug-likeness (QED) is 0.277. The molecule has 0 atom stereocenters. The van der Waals surface area contributed by atoms with E-state index in [-0.39, 0.29) is 5.91 Å². The summed E-state index contributed by atoms with van der Waals surface area (Å²) in [6.07, 6.45) is 1.60. The number of ether oxygens (including phenoxy) is 1. The van der Waals surface area contributed by atoms with E-state index in [1.54, 1.807) is 36.5 Å². The zero-order valence-electron chi connectivity index (χ0n) is 17.0. The van der Waals surface area contributed by atoms with Crippen LogP contribution >= 0.6 is 15.9 Å². The Morgan fingerprint density at radius 1 is 1.00 bits per heavy atom. The fraction of sp³-hybridized carbons (Fsp3) is 0.0385. The first kappa shape index (κ1) is 21.3. The zero-order valence-corrected chi connectivity index (χ0v) is 18.5. The third-order valence-corrected chi connectivity index (χ3v) is 5.58. The summed E-state index contributed by atoms with van der Waals surface area (Å²) in [5.74, 6) is 0.334. The van der Waals surface area contributed by atoms with Crippen LogP contribution in [0.15, 0.2) is 94.5 Å². The summed E-state index contributed by atoms with van der Waals surface area (Å²) >= 11 is 3.38. The molecule has 0 aromatic heterocycles. The minimum Gasteiger partial charge on any atom is -0.488 e. The van der Waals surface area contributed by atoms with Crippen molar-refractivity contribution >= 4 is 38.8 Å². The topological polar surface area (TPSA) is 74.5 Å². The molecule has 0 unspecified atom stereocenters. The lowest BCUT2D eigenvalue weighted by molar-refractivity contribution is 0.0954. The third-order valence-electron chi connectivity index (χ3n) is 4.89. The van der Waals surface area contributed by atoms with Crippen LogP contribution < -0.4 is 10.2 Å². The van der Waals surface area contributed by atoms with Crippen molar-refractivity contribution in [3.05, 3.63) is 112 Å². The zero-order chi connectivity index (χ0) is 22.3. The monoisotopic (exact) mass is 483 g/mol. The molecule has 1 N–H and O–H groups in total. The predicted molar refractivity (Wildman–Crippen MR) is 129 cm³/mol. The summed E-state index contributed by atoms with van der Waals surface area (Å²) in [7, 11) is 0. The van der Waals surface area contributed by atoms with E-state index in [9.17, 15) is 4.79 Å². The van der Waals surface area contributed by atoms with Crippen molar-refractivity contribution in [1.82, 2.24) is 5.43 Å². The Labute approximate surface area is 194 Å². The molecule has 5 nitrogen and oxygen atoms in total. The average molecular weight is 484 g/mol. The normalized spacial score (nSPS) is 10.8. The number of carbonyl (C=O) groups is 1. The Morgan fingerprint density at radius 2 is 1.75 bits per heavy atom. The molecule has 1 amide bonds. The molecule has 6 heteroatoms. The summed E-state index contributed by atoms with van der Waals surface area (Å²) in [5.41, 5.74) is 5.40. The number of rotatable bonds is 6. The van der Waals surface area contributed by atoms with Crippen molar-refractivity contribution in [1.29, 1.82) is 5.26 Å². The van der Waals surface area contributed by atoms with Crippen LogP contribution in [0.4, 0.5) is 0 Å². The number of nitrogens with zero attached hydrogens (tertiary/aromatic N) is 2. The van der Waals surface area contributed by atoms with Crippen LogP contribution in [0.2, 0.25) is 0 Å². The minimum atomic E-state index is -0.311. The van der Waals surface area contributed by atoms with Crippen LogP contribution in [-0.2, 0) is 6.61 Å². The maximum atomic E-state index is 12.5. The fourth-order valence-electron chi connectivity index (χ4n) is 3.23. The number of amides is 1. The van der Waals surface area contributed by atoms with Gasteiger partial charge in [-0.05, 0) is 62.6 Å². The molecule has 0 saturated heterocycles. The van der Waals surface area contributed by atoms with E-state index in [0.29, 0.717) is 28.0 Å². The smallest absolute Gasteiger partial charge is 0.272 e. The van der Waals surface area contributed by atoms with Crippen molar-refractivity contribution in [2.24, 2.45) is 5.10 Å². The molecule has 0 fully saturated rings. The number of nitrogens with one attached hydrogen (secondary N) is 1. The summed E-state index contributed by atoms with van der Waals surface area (Å²) in [5, 5.41) is 15.1. The second-order valence-corrected chi connectivity index (χ2v) is 7.83. The highest BCUT2D eigenvalue weighted by Gasteiger charge is 2.10. The molecular formula is C26H18BrN3O2. The Balaban J connectivity index is 1.58. The van der Waals surface area contributed by atoms with Crippen molar-refractivity contribution in [2.45, 2.75) is 6.61 Å². The standard InChI is InChI=1S/C26H18BrN3O2/c27-24-8-4-3-7-22(24)26(31)30-29-16-23-21-6-2-1-5-20(21)13-14-25(23)32-17-19-11-9-18(15-28)10-12-19/h1-14,16H,17H2,(H,30,31)/b29-16-. The van der Waals surface area contributed by atoms with E-state index in [2.05, 4.69) is 32.5 Å². The van der Waals surface area contributed by atoms with Gasteiger partial charge in [0.2, 0.25) is 0 Å². The van der Waals surface area contributed by atoms with Gasteiger partial charge in [0.05, 0.1) is 23.4 Å². The molecule has 0 aliphatic heterocycles. The van der Waals surface area contributed by atoms with Gasteiger partial charge in [-0.3, -0.25) is 4.79 Å². The molecule has 4 aromatic rings. The summed E-state index contributed by atoms with van der Waals surface area (Å²) in [4.78, 5) is 12.5. The van der Waals surface area contributed by atoms with Gasteiger partial charge in [0.1, 0.15) is 12.4 Å². The lowest BCUT2D eigenvalue weighted by atomic mass is 10.0. The van der Waals surface area contributed by atoms with Gasteiger partial charge in [-0.1, -0.05) is 54.6 Å². The average Bonchev–Trinajstić information content (AvgIpc) is 2.83. The lowest BCUT2D eigenvalue weighted by Gasteiger charge is -2.12. The molecule has 4 aromatic carbocycles. The van der Waals surface area contributed by atoms with Gasteiger partial charge < -0.3 is 4.74 Å². The molecule has 0 radical (unpaired) electrons. The summed E-state index contributed by atoms with van der Waals surface area (Å²) in [6.45, 7) is 0.341. The number of halogens is 1. The first-order chi connectivity index (χ1) is 15.7. The van der Waals surface area contributed by atoms with Crippen molar-refractivity contribution in [3.63, 3.8) is 0 Å². The van der Waals surface area contributed by atoms with Gasteiger partial charge in [-0.2, -0.15) is 10.4 Å². The summed E-state index contributed by atoms with van der Waals surface area (Å²) in [6, 6.07) is 28.3. The number of carbonyl (C=O) groups excluding carboxylic acids is 1. The first-order valence-corrected chi connectivity index (χ1v) is 10.7.